The standard InChI is InChI=1S/C21H24N4O2/c1-25-13-22-11-19(25)16-6-7-17-10-23-21(24-18(17)8-16)9-20(27)15-4-2-14(12-26)3-5-15/h6-8,10-11,13-15,26H,2-5,9,12H2,1H3. The fourth-order valence-corrected chi connectivity index (χ4v) is 3.91. The van der Waals surface area contributed by atoms with E-state index in [-0.39, 0.29) is 24.7 Å². The van der Waals surface area contributed by atoms with Crippen LogP contribution in [-0.2, 0) is 18.3 Å². The van der Waals surface area contributed by atoms with Crippen LogP contribution in [0.5, 0.6) is 0 Å². The molecule has 2 heterocycles. The van der Waals surface area contributed by atoms with E-state index >= 15 is 0 Å². The first-order valence-corrected chi connectivity index (χ1v) is 9.50. The number of carbonyl (C=O) groups is 1. The van der Waals surface area contributed by atoms with Crippen LogP contribution in [0.2, 0.25) is 0 Å². The van der Waals surface area contributed by atoms with Crippen LogP contribution in [0.1, 0.15) is 31.5 Å². The lowest BCUT2D eigenvalue weighted by atomic mass is 9.80. The number of hydrogen-bond donors (Lipinski definition) is 1. The molecule has 0 amide bonds. The minimum Gasteiger partial charge on any atom is -0.396 e. The van der Waals surface area contributed by atoms with Gasteiger partial charge in [-0.05, 0) is 37.7 Å². The summed E-state index contributed by atoms with van der Waals surface area (Å²) in [5, 5.41) is 10.2. The summed E-state index contributed by atoms with van der Waals surface area (Å²) in [4.78, 5) is 25.8. The number of ketones is 1. The van der Waals surface area contributed by atoms with E-state index in [1.165, 1.54) is 0 Å². The van der Waals surface area contributed by atoms with E-state index in [4.69, 9.17) is 0 Å². The van der Waals surface area contributed by atoms with Gasteiger partial charge in [0.05, 0.1) is 30.2 Å². The number of aromatic nitrogens is 4. The molecule has 0 bridgehead atoms. The molecule has 1 saturated carbocycles. The summed E-state index contributed by atoms with van der Waals surface area (Å²) in [5.41, 5.74) is 2.91. The van der Waals surface area contributed by atoms with Gasteiger partial charge in [-0.1, -0.05) is 12.1 Å². The lowest BCUT2D eigenvalue weighted by molar-refractivity contribution is -0.123. The summed E-state index contributed by atoms with van der Waals surface area (Å²) in [6, 6.07) is 6.06. The molecule has 0 aliphatic heterocycles. The molecule has 1 aliphatic carbocycles. The molecule has 0 atom stereocenters. The van der Waals surface area contributed by atoms with Crippen LogP contribution in [0.15, 0.2) is 36.9 Å². The Morgan fingerprint density at radius 3 is 2.74 bits per heavy atom. The van der Waals surface area contributed by atoms with E-state index < -0.39 is 0 Å². The zero-order chi connectivity index (χ0) is 18.8. The molecule has 4 rings (SSSR count). The third kappa shape index (κ3) is 3.76. The number of Topliss-reactive ketones (excluding diaryl/α,β-unsaturated/α-hetero) is 1. The van der Waals surface area contributed by atoms with Gasteiger partial charge >= 0.3 is 0 Å². The number of carbonyl (C=O) groups excluding carboxylic acids is 1. The Labute approximate surface area is 158 Å². The quantitative estimate of drug-likeness (QED) is 0.753. The number of aliphatic hydroxyl groups excluding tert-OH is 1. The Morgan fingerprint density at radius 2 is 2.04 bits per heavy atom. The first kappa shape index (κ1) is 17.8. The molecule has 140 valence electrons. The number of rotatable bonds is 5. The molecule has 0 spiro atoms. The minimum absolute atomic E-state index is 0.0767. The molecule has 0 saturated heterocycles. The first-order chi connectivity index (χ1) is 13.1. The fourth-order valence-electron chi connectivity index (χ4n) is 3.91. The van der Waals surface area contributed by atoms with Crippen LogP contribution >= 0.6 is 0 Å². The van der Waals surface area contributed by atoms with Crippen molar-refractivity contribution in [3.63, 3.8) is 0 Å². The average Bonchev–Trinajstić information content (AvgIpc) is 3.13. The van der Waals surface area contributed by atoms with Gasteiger partial charge in [-0.2, -0.15) is 0 Å². The van der Waals surface area contributed by atoms with E-state index in [1.54, 1.807) is 12.5 Å². The van der Waals surface area contributed by atoms with Gasteiger partial charge in [0.15, 0.2) is 0 Å². The minimum atomic E-state index is 0.0767. The number of aliphatic hydroxyl groups is 1. The lowest BCUT2D eigenvalue weighted by Gasteiger charge is -2.26. The van der Waals surface area contributed by atoms with Crippen molar-refractivity contribution in [2.24, 2.45) is 18.9 Å². The maximum absolute atomic E-state index is 12.6. The first-order valence-electron chi connectivity index (χ1n) is 9.50. The van der Waals surface area contributed by atoms with Crippen molar-refractivity contribution in [2.75, 3.05) is 6.61 Å². The van der Waals surface area contributed by atoms with Gasteiger partial charge in [-0.3, -0.25) is 4.79 Å². The van der Waals surface area contributed by atoms with E-state index in [1.807, 2.05) is 36.0 Å². The molecule has 0 radical (unpaired) electrons. The molecule has 1 aliphatic rings. The maximum atomic E-state index is 12.6. The fraction of sp³-hybridized carbons (Fsp3) is 0.429. The highest BCUT2D eigenvalue weighted by atomic mass is 16.3. The number of fused-ring (bicyclic) bond motifs is 1. The maximum Gasteiger partial charge on any atom is 0.143 e. The van der Waals surface area contributed by atoms with E-state index in [2.05, 4.69) is 15.0 Å². The summed E-state index contributed by atoms with van der Waals surface area (Å²) < 4.78 is 1.97. The van der Waals surface area contributed by atoms with Crippen molar-refractivity contribution in [3.05, 3.63) is 42.7 Å². The zero-order valence-corrected chi connectivity index (χ0v) is 15.5. The summed E-state index contributed by atoms with van der Waals surface area (Å²) in [7, 11) is 1.96. The van der Waals surface area contributed by atoms with E-state index in [0.29, 0.717) is 11.7 Å². The highest BCUT2D eigenvalue weighted by molar-refractivity contribution is 5.85. The van der Waals surface area contributed by atoms with Crippen LogP contribution in [0.3, 0.4) is 0 Å². The number of aryl methyl sites for hydroxylation is 1. The molecule has 1 fully saturated rings. The second-order valence-electron chi connectivity index (χ2n) is 7.49. The van der Waals surface area contributed by atoms with Crippen molar-refractivity contribution in [1.82, 2.24) is 19.5 Å². The third-order valence-corrected chi connectivity index (χ3v) is 5.64. The zero-order valence-electron chi connectivity index (χ0n) is 15.5. The van der Waals surface area contributed by atoms with Gasteiger partial charge < -0.3 is 9.67 Å². The molecule has 1 aromatic carbocycles. The van der Waals surface area contributed by atoms with Crippen molar-refractivity contribution in [2.45, 2.75) is 32.1 Å². The van der Waals surface area contributed by atoms with Crippen molar-refractivity contribution in [3.8, 4) is 11.3 Å². The second kappa shape index (κ2) is 7.56. The Balaban J connectivity index is 1.52. The van der Waals surface area contributed by atoms with Gasteiger partial charge in [0.2, 0.25) is 0 Å². The van der Waals surface area contributed by atoms with Crippen molar-refractivity contribution < 1.29 is 9.90 Å². The molecule has 0 unspecified atom stereocenters. The number of nitrogens with zero attached hydrogens (tertiary/aromatic N) is 4. The Kier molecular flexibility index (Phi) is 4.99. The number of hydrogen-bond acceptors (Lipinski definition) is 5. The van der Waals surface area contributed by atoms with Crippen LogP contribution in [0.25, 0.3) is 22.2 Å². The summed E-state index contributed by atoms with van der Waals surface area (Å²) in [5.74, 6) is 1.23. The van der Waals surface area contributed by atoms with Crippen molar-refractivity contribution in [1.29, 1.82) is 0 Å². The SMILES string of the molecule is Cn1cncc1-c1ccc2cnc(CC(=O)C3CCC(CO)CC3)nc2c1. The van der Waals surface area contributed by atoms with Crippen LogP contribution < -0.4 is 0 Å². The van der Waals surface area contributed by atoms with Gasteiger partial charge in [0, 0.05) is 36.7 Å². The molecule has 27 heavy (non-hydrogen) atoms. The molecule has 3 aromatic rings. The highest BCUT2D eigenvalue weighted by Crippen LogP contribution is 2.29. The van der Waals surface area contributed by atoms with Crippen molar-refractivity contribution >= 4 is 16.7 Å². The molecule has 6 heteroatoms. The predicted molar refractivity (Wildman–Crippen MR) is 103 cm³/mol. The summed E-state index contributed by atoms with van der Waals surface area (Å²) >= 11 is 0. The molecular weight excluding hydrogens is 340 g/mol. The molecular formula is C21H24N4O2. The molecule has 1 N–H and O–H groups in total. The van der Waals surface area contributed by atoms with E-state index in [0.717, 1.165) is 47.8 Å². The second-order valence-corrected chi connectivity index (χ2v) is 7.49. The van der Waals surface area contributed by atoms with Crippen LogP contribution in [0, 0.1) is 11.8 Å². The number of benzene rings is 1. The third-order valence-electron chi connectivity index (χ3n) is 5.64. The summed E-state index contributed by atoms with van der Waals surface area (Å²) in [6.45, 7) is 0.230. The Morgan fingerprint density at radius 1 is 1.22 bits per heavy atom. The van der Waals surface area contributed by atoms with Gasteiger partial charge in [0.25, 0.3) is 0 Å². The lowest BCUT2D eigenvalue weighted by Crippen LogP contribution is -2.25. The molecule has 6 nitrogen and oxygen atoms in total. The van der Waals surface area contributed by atoms with E-state index in [9.17, 15) is 9.90 Å². The average molecular weight is 364 g/mol. The number of imidazole rings is 1. The van der Waals surface area contributed by atoms with Gasteiger partial charge in [-0.15, -0.1) is 0 Å². The smallest absolute Gasteiger partial charge is 0.143 e. The highest BCUT2D eigenvalue weighted by Gasteiger charge is 2.26. The van der Waals surface area contributed by atoms with Gasteiger partial charge in [0.1, 0.15) is 11.6 Å². The topological polar surface area (TPSA) is 80.9 Å². The monoisotopic (exact) mass is 364 g/mol. The Hall–Kier alpha value is -2.60. The predicted octanol–water partition coefficient (Wildman–Crippen LogP) is 2.94. The Bertz CT molecular complexity index is 958. The summed E-state index contributed by atoms with van der Waals surface area (Å²) in [6.07, 6.45) is 9.26. The van der Waals surface area contributed by atoms with Crippen LogP contribution in [0.4, 0.5) is 0 Å². The van der Waals surface area contributed by atoms with Crippen LogP contribution in [-0.4, -0.2) is 37.0 Å². The normalized spacial score (nSPS) is 20.1. The van der Waals surface area contributed by atoms with Gasteiger partial charge in [-0.25, -0.2) is 15.0 Å². The largest absolute Gasteiger partial charge is 0.396 e. The molecule has 2 aromatic heterocycles.